The first kappa shape index (κ1) is 101. The van der Waals surface area contributed by atoms with Gasteiger partial charge < -0.3 is 240 Å². The van der Waals surface area contributed by atoms with Gasteiger partial charge in [-0.3, -0.25) is 0 Å². The van der Waals surface area contributed by atoms with E-state index in [1.807, 2.05) is 0 Å². The first-order chi connectivity index (χ1) is 52.3. The zero-order valence-corrected chi connectivity index (χ0v) is 61.5. The Labute approximate surface area is 634 Å². The summed E-state index contributed by atoms with van der Waals surface area (Å²) >= 11 is 0. The molecule has 0 amide bonds. The third-order valence-electron chi connectivity index (χ3n) is 20.7. The normalized spacial score (nSPS) is 48.5. The fourth-order valence-electron chi connectivity index (χ4n) is 13.5. The van der Waals surface area contributed by atoms with E-state index < -0.39 is 315 Å². The molecule has 0 aromatic carbocycles. The van der Waals surface area contributed by atoms with Crippen LogP contribution in [0.15, 0.2) is 0 Å². The van der Waals surface area contributed by atoms with Crippen molar-refractivity contribution in [1.82, 2.24) is 0 Å². The topological polar surface area (TPSA) is 806 Å². The molecule has 48 heteroatoms. The van der Waals surface area contributed by atoms with Gasteiger partial charge in [0, 0.05) is 80.2 Å². The Bertz CT molecular complexity index is 2360. The van der Waals surface area contributed by atoms with Crippen LogP contribution in [0.3, 0.4) is 0 Å². The number of methoxy groups -OCH3 is 6. The van der Waals surface area contributed by atoms with E-state index in [1.54, 1.807) is 0 Å². The maximum Gasteiger partial charge on any atom is 0.224 e. The van der Waals surface area contributed by atoms with E-state index in [0.29, 0.717) is 12.8 Å². The van der Waals surface area contributed by atoms with Crippen LogP contribution >= 0.6 is 0 Å². The number of ether oxygens (including phenoxy) is 15. The second kappa shape index (κ2) is 47.2. The van der Waals surface area contributed by atoms with E-state index in [-0.39, 0.29) is 26.2 Å². The lowest BCUT2D eigenvalue weighted by Gasteiger charge is -2.46. The second-order valence-corrected chi connectivity index (χ2v) is 27.6. The van der Waals surface area contributed by atoms with Crippen LogP contribution in [-0.4, -0.2) is 528 Å². The SMILES string of the molecule is COC1(CO)O[C@H](CO)[C@@H](O)[C@@H]1O.COC1C[C@H](CO)[C@@H](O)[C@H](O)[C@H]1O.COC1C[C@H](CO)[C@H](O)[C@H](O)[C@H]1O.COC[C@H]1O[C@@](CO)(O[C@H]2O[C@H](CO)[C@@H](O)[C@H](O)[C@H]2O)[C@@H](O)[C@@H]1O.CO[C@H]1O[C@H](CO)[C@@H](O[C@@H]2C[C@H](CO)[C@H](O)[C@H](O)[C@H]2O)[C@H](O)[C@H]1O.CO[C@H]1O[C@H](CO)[C@@H](O[C@H]2O[C@H](CO)[C@@H](O)[C@H](O)[C@H]2O)[C@H](O)[C@H]1O. The van der Waals surface area contributed by atoms with Gasteiger partial charge in [-0.25, -0.2) is 0 Å². The van der Waals surface area contributed by atoms with Crippen LogP contribution in [0.25, 0.3) is 0 Å². The van der Waals surface area contributed by atoms with Crippen molar-refractivity contribution in [1.29, 1.82) is 0 Å². The molecule has 6 aliphatic heterocycles. The largest absolute Gasteiger partial charge is 0.396 e. The molecule has 111 heavy (non-hydrogen) atoms. The summed E-state index contributed by atoms with van der Waals surface area (Å²) in [6.07, 6.45) is -48.7. The van der Waals surface area contributed by atoms with Crippen molar-refractivity contribution in [2.24, 2.45) is 17.8 Å². The average Bonchev–Trinajstić information content (AvgIpc) is 1.65. The molecule has 9 rings (SSSR count). The minimum absolute atomic E-state index is 0.0149. The van der Waals surface area contributed by atoms with Gasteiger partial charge in [0.15, 0.2) is 25.2 Å². The number of hydrogen-bond donors (Lipinski definition) is 33. The van der Waals surface area contributed by atoms with Crippen LogP contribution in [-0.2, 0) is 71.1 Å². The molecule has 33 N–H and O–H groups in total. The summed E-state index contributed by atoms with van der Waals surface area (Å²) in [5.41, 5.74) is 0. The van der Waals surface area contributed by atoms with Crippen molar-refractivity contribution in [2.75, 3.05) is 115 Å². The van der Waals surface area contributed by atoms with Crippen LogP contribution in [0.4, 0.5) is 0 Å². The van der Waals surface area contributed by atoms with Crippen LogP contribution in [0.1, 0.15) is 19.3 Å². The van der Waals surface area contributed by atoms with Crippen molar-refractivity contribution in [3.8, 4) is 0 Å². The smallest absolute Gasteiger partial charge is 0.224 e. The molecule has 9 fully saturated rings. The zero-order chi connectivity index (χ0) is 84.2. The fourth-order valence-corrected chi connectivity index (χ4v) is 13.5. The lowest BCUT2D eigenvalue weighted by molar-refractivity contribution is -0.383. The summed E-state index contributed by atoms with van der Waals surface area (Å²) in [5, 5.41) is 315. The Balaban J connectivity index is 0.000000287. The van der Waals surface area contributed by atoms with Gasteiger partial charge in [0.1, 0.15) is 184 Å². The van der Waals surface area contributed by atoms with E-state index in [2.05, 4.69) is 0 Å². The van der Waals surface area contributed by atoms with Crippen molar-refractivity contribution >= 4 is 0 Å². The standard InChI is InChI=1S/C14H26O10.2C13H24O11.2C8H16O5.C7H14O6/c1-22-14-12(21)11(20)13(7(4-16)24-14)23-6-2-5(3-15)8(17)10(19)9(6)18;1-21-3-6-8(17)11(20)13(4-15,23-6)24-12-10(19)9(18)7(16)5(2-14)22-12;1-21-12-10(20)8(18)11(5(3-15)23-12)24-13-9(19)7(17)6(16)4(2-14)22-13;2*1-13-5-2-4(3-9)6(10)8(12)7(5)11;1-12-7(3-9)6(11)5(10)4(2-8)13-7/h5-21H,2-4H2,1H3;5-12,14-20H,2-4H2,1H3;4-20H,2-3H2,1H3;2*4-12H,2-3H2,1H3;4-6,8-11H,2-3H2,1H3/t5-,6-,7-,8+,9+,10+,11-,12-,13-,14+;5-,6-,7-,8-,9+,10-,11+,12-,13+;4-,5-,6-,7+,8-,9-,10-,11-,12+,13-;4-,5?,6+,7+,8+;4-,5?,6-,7+,8+;4-,5-,6+,7?/m111111/s1. The fraction of sp³-hybridized carbons (Fsp3) is 1.00. The summed E-state index contributed by atoms with van der Waals surface area (Å²) in [7, 11) is 7.95. The van der Waals surface area contributed by atoms with E-state index in [4.69, 9.17) is 102 Å². The van der Waals surface area contributed by atoms with Crippen molar-refractivity contribution in [3.63, 3.8) is 0 Å². The number of rotatable bonds is 23. The number of aliphatic hydroxyl groups is 33. The monoisotopic (exact) mass is 1640 g/mol. The third kappa shape index (κ3) is 24.0. The quantitative estimate of drug-likeness (QED) is 0.0452. The van der Waals surface area contributed by atoms with Gasteiger partial charge >= 0.3 is 0 Å². The lowest BCUT2D eigenvalue weighted by Crippen LogP contribution is -2.64. The van der Waals surface area contributed by atoms with Crippen LogP contribution in [0.2, 0.25) is 0 Å². The van der Waals surface area contributed by atoms with Crippen molar-refractivity contribution < 1.29 is 240 Å². The average molecular weight is 1650 g/mol. The molecule has 0 radical (unpaired) electrons. The Morgan fingerprint density at radius 2 is 0.586 bits per heavy atom. The molecule has 48 nitrogen and oxygen atoms in total. The first-order valence-electron chi connectivity index (χ1n) is 35.2. The van der Waals surface area contributed by atoms with Gasteiger partial charge in [0.05, 0.1) is 76.3 Å². The summed E-state index contributed by atoms with van der Waals surface area (Å²) in [5.74, 6) is -5.34. The molecule has 0 aromatic heterocycles. The zero-order valence-electron chi connectivity index (χ0n) is 61.5. The van der Waals surface area contributed by atoms with E-state index in [9.17, 15) is 138 Å². The number of aliphatic hydroxyl groups excluding tert-OH is 33. The van der Waals surface area contributed by atoms with Gasteiger partial charge in [0.25, 0.3) is 0 Å². The van der Waals surface area contributed by atoms with Gasteiger partial charge in [-0.2, -0.15) is 0 Å². The molecular formula is C63H120O48. The highest BCUT2D eigenvalue weighted by molar-refractivity contribution is 5.02. The van der Waals surface area contributed by atoms with Crippen LogP contribution in [0.5, 0.6) is 0 Å². The number of hydrogen-bond acceptors (Lipinski definition) is 48. The minimum atomic E-state index is -2.14. The molecule has 6 heterocycles. The highest BCUT2D eigenvalue weighted by Crippen LogP contribution is 2.39. The first-order valence-corrected chi connectivity index (χ1v) is 35.2. The Morgan fingerprint density at radius 1 is 0.270 bits per heavy atom. The lowest BCUT2D eigenvalue weighted by atomic mass is 9.81. The Kier molecular flexibility index (Phi) is 43.1. The predicted molar refractivity (Wildman–Crippen MR) is 352 cm³/mol. The van der Waals surface area contributed by atoms with Gasteiger partial charge in [-0.05, 0) is 19.3 Å². The summed E-state index contributed by atoms with van der Waals surface area (Å²) in [6, 6.07) is 0. The van der Waals surface area contributed by atoms with Gasteiger partial charge in [-0.1, -0.05) is 0 Å². The molecule has 0 bridgehead atoms. The Hall–Kier alpha value is -1.92. The highest BCUT2D eigenvalue weighted by Gasteiger charge is 2.60. The molecule has 0 aromatic rings. The maximum atomic E-state index is 10.2. The molecular weight excluding hydrogens is 1520 g/mol. The van der Waals surface area contributed by atoms with Crippen molar-refractivity contribution in [3.05, 3.63) is 0 Å². The van der Waals surface area contributed by atoms with Crippen molar-refractivity contribution in [2.45, 2.75) is 264 Å². The van der Waals surface area contributed by atoms with Crippen LogP contribution < -0.4 is 0 Å². The van der Waals surface area contributed by atoms with Crippen LogP contribution in [0, 0.1) is 17.8 Å². The molecule has 43 atom stereocenters. The molecule has 3 aliphatic carbocycles. The Morgan fingerprint density at radius 3 is 0.919 bits per heavy atom. The second-order valence-electron chi connectivity index (χ2n) is 27.6. The van der Waals surface area contributed by atoms with E-state index >= 15 is 0 Å². The third-order valence-corrected chi connectivity index (χ3v) is 20.7. The van der Waals surface area contributed by atoms with E-state index in [0.717, 1.165) is 0 Å². The molecule has 0 spiro atoms. The summed E-state index contributed by atoms with van der Waals surface area (Å²) in [4.78, 5) is 0. The van der Waals surface area contributed by atoms with E-state index in [1.165, 1.54) is 42.7 Å². The minimum Gasteiger partial charge on any atom is -0.396 e. The highest BCUT2D eigenvalue weighted by atomic mass is 16.8. The molecule has 3 saturated carbocycles. The predicted octanol–water partition coefficient (Wildman–Crippen LogP) is -19.9. The van der Waals surface area contributed by atoms with Gasteiger partial charge in [0.2, 0.25) is 11.6 Å². The summed E-state index contributed by atoms with van der Waals surface area (Å²) < 4.78 is 76.7. The maximum absolute atomic E-state index is 10.2. The van der Waals surface area contributed by atoms with Gasteiger partial charge in [-0.15, -0.1) is 0 Å². The molecule has 9 aliphatic rings. The molecule has 6 saturated heterocycles. The molecule has 3 unspecified atom stereocenters. The molecule has 660 valence electrons. The summed E-state index contributed by atoms with van der Waals surface area (Å²) in [6.45, 7) is -5.33.